The molecule has 0 fully saturated rings. The summed E-state index contributed by atoms with van der Waals surface area (Å²) in [5, 5.41) is 4.06. The van der Waals surface area contributed by atoms with Crippen LogP contribution >= 0.6 is 11.3 Å². The zero-order valence-corrected chi connectivity index (χ0v) is 19.1. The van der Waals surface area contributed by atoms with Crippen LogP contribution in [0, 0.1) is 17.5 Å². The number of methoxy groups -OCH3 is 1. The largest absolute Gasteiger partial charge is 0.496 e. The lowest BCUT2D eigenvalue weighted by Gasteiger charge is -2.19. The van der Waals surface area contributed by atoms with E-state index in [9.17, 15) is 21.6 Å². The molecule has 0 saturated carbocycles. The molecule has 0 unspecified atom stereocenters. The van der Waals surface area contributed by atoms with Gasteiger partial charge in [-0.2, -0.15) is 0 Å². The maximum Gasteiger partial charge on any atom is 0.266 e. The van der Waals surface area contributed by atoms with Crippen LogP contribution in [0.15, 0.2) is 40.1 Å². The molecule has 2 N–H and O–H groups in total. The van der Waals surface area contributed by atoms with Gasteiger partial charge in [0.25, 0.3) is 10.0 Å². The van der Waals surface area contributed by atoms with Gasteiger partial charge in [-0.1, -0.05) is 0 Å². The van der Waals surface area contributed by atoms with Crippen molar-refractivity contribution in [1.82, 2.24) is 9.88 Å². The van der Waals surface area contributed by atoms with Crippen molar-refractivity contribution in [2.75, 3.05) is 31.2 Å². The molecule has 7 nitrogen and oxygen atoms in total. The molecule has 32 heavy (non-hydrogen) atoms. The second-order valence-electron chi connectivity index (χ2n) is 7.02. The first-order valence-electron chi connectivity index (χ1n) is 9.26. The molecule has 3 aromatic rings. The first-order chi connectivity index (χ1) is 15.1. The molecule has 2 aromatic carbocycles. The Balaban J connectivity index is 1.88. The Morgan fingerprint density at radius 2 is 1.84 bits per heavy atom. The van der Waals surface area contributed by atoms with E-state index >= 15 is 0 Å². The molecular weight excluding hydrogens is 465 g/mol. The van der Waals surface area contributed by atoms with Crippen molar-refractivity contribution in [2.24, 2.45) is 0 Å². The Labute approximate surface area is 187 Å². The second kappa shape index (κ2) is 9.76. The number of anilines is 2. The molecular formula is C20H21F3N4O3S2. The summed E-state index contributed by atoms with van der Waals surface area (Å²) in [6.45, 7) is 0.181. The van der Waals surface area contributed by atoms with E-state index < -0.39 is 32.4 Å². The van der Waals surface area contributed by atoms with Crippen molar-refractivity contribution >= 4 is 32.9 Å². The lowest BCUT2D eigenvalue weighted by atomic mass is 10.0. The van der Waals surface area contributed by atoms with E-state index in [0.29, 0.717) is 17.9 Å². The summed E-state index contributed by atoms with van der Waals surface area (Å²) in [5.41, 5.74) is 1.86. The highest BCUT2D eigenvalue weighted by Crippen LogP contribution is 2.29. The number of nitrogens with one attached hydrogen (secondary N) is 2. The maximum absolute atomic E-state index is 14.7. The first kappa shape index (κ1) is 23.8. The van der Waals surface area contributed by atoms with E-state index in [1.165, 1.54) is 30.1 Å². The SMILES string of the molecule is COc1ccc(F)c(CNc2ccc(S(=O)(=O)Nc3cscn3)c(F)c2F)c1CN(C)C. The highest BCUT2D eigenvalue weighted by Gasteiger charge is 2.25. The lowest BCUT2D eigenvalue weighted by molar-refractivity contribution is 0.368. The summed E-state index contributed by atoms with van der Waals surface area (Å²) in [6.07, 6.45) is 0. The van der Waals surface area contributed by atoms with Gasteiger partial charge in [-0.15, -0.1) is 11.3 Å². The van der Waals surface area contributed by atoms with Crippen LogP contribution in [-0.4, -0.2) is 39.5 Å². The summed E-state index contributed by atoms with van der Waals surface area (Å²) in [5.74, 6) is -3.04. The van der Waals surface area contributed by atoms with Crippen molar-refractivity contribution < 1.29 is 26.3 Å². The van der Waals surface area contributed by atoms with E-state index in [-0.39, 0.29) is 23.6 Å². The van der Waals surface area contributed by atoms with Crippen LogP contribution in [-0.2, 0) is 23.1 Å². The van der Waals surface area contributed by atoms with Gasteiger partial charge in [0, 0.05) is 29.6 Å². The van der Waals surface area contributed by atoms with E-state index in [4.69, 9.17) is 4.74 Å². The van der Waals surface area contributed by atoms with Crippen molar-refractivity contribution in [2.45, 2.75) is 18.0 Å². The van der Waals surface area contributed by atoms with Crippen LogP contribution in [0.25, 0.3) is 0 Å². The van der Waals surface area contributed by atoms with Gasteiger partial charge >= 0.3 is 0 Å². The summed E-state index contributed by atoms with van der Waals surface area (Å²) in [4.78, 5) is 4.71. The highest BCUT2D eigenvalue weighted by atomic mass is 32.2. The molecule has 3 rings (SSSR count). The average molecular weight is 487 g/mol. The predicted molar refractivity (Wildman–Crippen MR) is 117 cm³/mol. The lowest BCUT2D eigenvalue weighted by Crippen LogP contribution is -2.17. The molecule has 0 bridgehead atoms. The molecule has 1 heterocycles. The standard InChI is InChI=1S/C20H21F3N4O3S2/c1-27(2)9-13-12(14(21)4-6-16(13)30-3)8-24-15-5-7-17(20(23)19(15)22)32(28,29)26-18-10-31-11-25-18/h4-7,10-11,24,26H,8-9H2,1-3H3. The minimum absolute atomic E-state index is 0.000989. The quantitative estimate of drug-likeness (QED) is 0.475. The topological polar surface area (TPSA) is 83.6 Å². The van der Waals surface area contributed by atoms with Gasteiger partial charge in [-0.05, 0) is 38.4 Å². The van der Waals surface area contributed by atoms with Gasteiger partial charge in [0.15, 0.2) is 17.5 Å². The number of nitrogens with zero attached hydrogens (tertiary/aromatic N) is 2. The second-order valence-corrected chi connectivity index (χ2v) is 9.39. The Bertz CT molecular complexity index is 1200. The van der Waals surface area contributed by atoms with E-state index in [0.717, 1.165) is 23.5 Å². The van der Waals surface area contributed by atoms with Crippen LogP contribution in [0.3, 0.4) is 0 Å². The fourth-order valence-corrected chi connectivity index (χ4v) is 4.66. The fraction of sp³-hybridized carbons (Fsp3) is 0.250. The van der Waals surface area contributed by atoms with Crippen molar-refractivity contribution in [1.29, 1.82) is 0 Å². The summed E-state index contributed by atoms with van der Waals surface area (Å²) >= 11 is 1.14. The number of ether oxygens (including phenoxy) is 1. The number of rotatable bonds is 9. The number of hydrogen-bond donors (Lipinski definition) is 2. The zero-order valence-electron chi connectivity index (χ0n) is 17.4. The van der Waals surface area contributed by atoms with Crippen LogP contribution in [0.5, 0.6) is 5.75 Å². The number of halogens is 3. The number of benzene rings is 2. The zero-order chi connectivity index (χ0) is 23.5. The van der Waals surface area contributed by atoms with Crippen molar-refractivity contribution in [3.05, 3.63) is 63.7 Å². The van der Waals surface area contributed by atoms with E-state index in [1.807, 2.05) is 4.90 Å². The molecule has 0 aliphatic rings. The molecule has 12 heteroatoms. The number of aromatic nitrogens is 1. The fourth-order valence-electron chi connectivity index (χ4n) is 3.03. The van der Waals surface area contributed by atoms with Gasteiger partial charge in [-0.25, -0.2) is 26.6 Å². The van der Waals surface area contributed by atoms with E-state index in [1.54, 1.807) is 14.1 Å². The summed E-state index contributed by atoms with van der Waals surface area (Å²) in [7, 11) is 0.671. The van der Waals surface area contributed by atoms with Crippen LogP contribution < -0.4 is 14.8 Å². The molecule has 0 amide bonds. The highest BCUT2D eigenvalue weighted by molar-refractivity contribution is 7.92. The van der Waals surface area contributed by atoms with Crippen LogP contribution in [0.4, 0.5) is 24.7 Å². The van der Waals surface area contributed by atoms with Crippen molar-refractivity contribution in [3.8, 4) is 5.75 Å². The molecule has 0 saturated heterocycles. The van der Waals surface area contributed by atoms with Gasteiger partial charge in [-0.3, -0.25) is 4.72 Å². The van der Waals surface area contributed by atoms with Gasteiger partial charge in [0.05, 0.1) is 18.3 Å². The minimum atomic E-state index is -4.39. The molecule has 0 aliphatic carbocycles. The average Bonchev–Trinajstić information content (AvgIpc) is 3.22. The third-order valence-corrected chi connectivity index (χ3v) is 6.45. The van der Waals surface area contributed by atoms with Crippen molar-refractivity contribution in [3.63, 3.8) is 0 Å². The maximum atomic E-state index is 14.7. The molecule has 0 aliphatic heterocycles. The normalized spacial score (nSPS) is 11.6. The van der Waals surface area contributed by atoms with Gasteiger partial charge < -0.3 is 15.0 Å². The molecule has 1 aromatic heterocycles. The minimum Gasteiger partial charge on any atom is -0.496 e. The van der Waals surface area contributed by atoms with Gasteiger partial charge in [0.1, 0.15) is 16.5 Å². The van der Waals surface area contributed by atoms with Crippen LogP contribution in [0.2, 0.25) is 0 Å². The number of sulfonamides is 1. The van der Waals surface area contributed by atoms with E-state index in [2.05, 4.69) is 15.0 Å². The Morgan fingerprint density at radius 1 is 1.09 bits per heavy atom. The Kier molecular flexibility index (Phi) is 7.26. The monoisotopic (exact) mass is 486 g/mol. The predicted octanol–water partition coefficient (Wildman–Crippen LogP) is 4.04. The molecule has 0 radical (unpaired) electrons. The third kappa shape index (κ3) is 5.14. The molecule has 0 atom stereocenters. The summed E-state index contributed by atoms with van der Waals surface area (Å²) < 4.78 is 75.9. The smallest absolute Gasteiger partial charge is 0.266 e. The van der Waals surface area contributed by atoms with Gasteiger partial charge in [0.2, 0.25) is 0 Å². The summed E-state index contributed by atoms with van der Waals surface area (Å²) in [6, 6.07) is 4.73. The Hall–Kier alpha value is -2.83. The molecule has 0 spiro atoms. The first-order valence-corrected chi connectivity index (χ1v) is 11.7. The van der Waals surface area contributed by atoms with Crippen LogP contribution in [0.1, 0.15) is 11.1 Å². The molecule has 172 valence electrons. The third-order valence-electron chi connectivity index (χ3n) is 4.49. The number of hydrogen-bond acceptors (Lipinski definition) is 7. The Morgan fingerprint density at radius 3 is 2.47 bits per heavy atom. The number of thiazole rings is 1.